The molecule has 3 heteroatoms. The molecule has 0 atom stereocenters. The van der Waals surface area contributed by atoms with Gasteiger partial charge in [0.15, 0.2) is 0 Å². The van der Waals surface area contributed by atoms with Gasteiger partial charge in [0.05, 0.1) is 5.52 Å². The Morgan fingerprint density at radius 3 is 1.89 bits per heavy atom. The van der Waals surface area contributed by atoms with Crippen LogP contribution in [0.15, 0.2) is 72.9 Å². The number of nitrogens with zero attached hydrogens (tertiary/aromatic N) is 1. The van der Waals surface area contributed by atoms with Gasteiger partial charge in [-0.15, -0.1) is 12.1 Å². The fraction of sp³-hybridized carbons (Fsp3) is 0. The topological polar surface area (TPSA) is 12.9 Å². The molecule has 1 heterocycles. The molecule has 0 saturated carbocycles. The van der Waals surface area contributed by atoms with Crippen LogP contribution in [-0.4, -0.2) is 28.0 Å². The molecule has 92 valence electrons. The molecule has 0 bridgehead atoms. The number of fused-ring (bicyclic) bond motifs is 1. The third kappa shape index (κ3) is 5.97. The van der Waals surface area contributed by atoms with E-state index < -0.39 is 0 Å². The normalized spacial score (nSPS) is 8.42. The molecule has 0 spiro atoms. The summed E-state index contributed by atoms with van der Waals surface area (Å²) in [6, 6.07) is 22.0. The summed E-state index contributed by atoms with van der Waals surface area (Å²) in [6.45, 7) is 3.72. The van der Waals surface area contributed by atoms with Crippen LogP contribution in [0.2, 0.25) is 0 Å². The van der Waals surface area contributed by atoms with Gasteiger partial charge in [-0.2, -0.15) is 24.6 Å². The van der Waals surface area contributed by atoms with Crippen LogP contribution in [-0.2, 0) is 0 Å². The molecule has 3 aromatic rings. The molecule has 0 radical (unpaired) electrons. The molecule has 1 aromatic heterocycles. The van der Waals surface area contributed by atoms with E-state index in [9.17, 15) is 0 Å². The van der Waals surface area contributed by atoms with Gasteiger partial charge < -0.3 is 12.4 Å². The maximum atomic E-state index is 4.18. The van der Waals surface area contributed by atoms with E-state index >= 15 is 0 Å². The Bertz CT molecular complexity index is 519. The van der Waals surface area contributed by atoms with E-state index in [0.717, 1.165) is 11.1 Å². The second kappa shape index (κ2) is 9.67. The molecule has 0 unspecified atom stereocenters. The monoisotopic (exact) mass is 279 g/mol. The largest absolute Gasteiger partial charge is 2.00 e. The molecule has 1 nitrogen and oxygen atoms in total. The van der Waals surface area contributed by atoms with Crippen molar-refractivity contribution < 1.29 is 12.4 Å². The third-order valence-corrected chi connectivity index (χ3v) is 2.36. The number of para-hydroxylation sites is 1. The first-order valence-electron chi connectivity index (χ1n) is 5.53. The Balaban J connectivity index is 0.000000325. The van der Waals surface area contributed by atoms with Gasteiger partial charge in [-0.1, -0.05) is 30.3 Å². The fourth-order valence-electron chi connectivity index (χ4n) is 1.49. The second-order valence-electron chi connectivity index (χ2n) is 3.68. The summed E-state index contributed by atoms with van der Waals surface area (Å²) in [5, 5.41) is 1.20. The minimum absolute atomic E-state index is 0. The van der Waals surface area contributed by atoms with Crippen molar-refractivity contribution in [3.8, 4) is 0 Å². The maximum Gasteiger partial charge on any atom is 2.00 e. The average molecular weight is 280 g/mol. The summed E-state index contributed by atoms with van der Waals surface area (Å²) in [5.41, 5.74) is 2.13. The molecule has 3 rings (SSSR count). The molecule has 0 aliphatic rings. The molecule has 0 aliphatic heterocycles. The fourth-order valence-corrected chi connectivity index (χ4v) is 1.49. The third-order valence-electron chi connectivity index (χ3n) is 2.36. The Labute approximate surface area is 136 Å². The van der Waals surface area contributed by atoms with E-state index in [-0.39, 0.29) is 35.5 Å². The Kier molecular flexibility index (Phi) is 9.05. The van der Waals surface area contributed by atoms with Crippen LogP contribution in [0, 0.1) is 6.92 Å². The van der Waals surface area contributed by atoms with Gasteiger partial charge in [-0.05, 0) is 12.1 Å². The van der Waals surface area contributed by atoms with E-state index in [0.29, 0.717) is 0 Å². The average Bonchev–Trinajstić information content (AvgIpc) is 2.41. The Hall–Kier alpha value is -1.22. The molecule has 0 aliphatic carbocycles. The summed E-state index contributed by atoms with van der Waals surface area (Å²) in [4.78, 5) is 4.18. The van der Waals surface area contributed by atoms with Crippen molar-refractivity contribution in [2.75, 3.05) is 0 Å². The number of aromatic nitrogens is 1. The Morgan fingerprint density at radius 2 is 1.32 bits per heavy atom. The standard InChI is InChI=1S/C9H7N.C7H7.ClH.Mg/c1-2-6-9-8(4-1)5-3-7-10-9;1-7-5-3-2-4-6-7;;/h1-7H;2-6H,1H2;1H;/q;-1;;+2/p-1. The molecule has 0 N–H and O–H groups in total. The number of benzene rings is 2. The molecule has 0 fully saturated rings. The SMILES string of the molecule is [CH2-]c1ccccc1.[Cl-].[Mg+2].c1ccc2ncccc2c1. The minimum Gasteiger partial charge on any atom is -1.00 e. The summed E-state index contributed by atoms with van der Waals surface area (Å²) in [7, 11) is 0. The number of hydrogen-bond donors (Lipinski definition) is 0. The van der Waals surface area contributed by atoms with Crippen LogP contribution in [0.5, 0.6) is 0 Å². The zero-order valence-corrected chi connectivity index (χ0v) is 12.8. The van der Waals surface area contributed by atoms with Gasteiger partial charge in [0.25, 0.3) is 0 Å². The van der Waals surface area contributed by atoms with Gasteiger partial charge in [-0.3, -0.25) is 4.98 Å². The molecule has 19 heavy (non-hydrogen) atoms. The van der Waals surface area contributed by atoms with Crippen LogP contribution in [0.25, 0.3) is 10.9 Å². The smallest absolute Gasteiger partial charge is 1.00 e. The van der Waals surface area contributed by atoms with Crippen LogP contribution in [0.3, 0.4) is 0 Å². The minimum atomic E-state index is 0. The van der Waals surface area contributed by atoms with Gasteiger partial charge in [-0.25, -0.2) is 0 Å². The first kappa shape index (κ1) is 17.8. The van der Waals surface area contributed by atoms with Crippen LogP contribution in [0.4, 0.5) is 0 Å². The van der Waals surface area contributed by atoms with Crippen molar-refractivity contribution in [3.63, 3.8) is 0 Å². The summed E-state index contributed by atoms with van der Waals surface area (Å²) >= 11 is 0. The van der Waals surface area contributed by atoms with Crippen LogP contribution < -0.4 is 12.4 Å². The van der Waals surface area contributed by atoms with E-state index in [1.807, 2.05) is 60.8 Å². The second-order valence-corrected chi connectivity index (χ2v) is 3.68. The molecule has 0 saturated heterocycles. The summed E-state index contributed by atoms with van der Waals surface area (Å²) in [5.74, 6) is 0. The quantitative estimate of drug-likeness (QED) is 0.437. The number of rotatable bonds is 0. The first-order valence-corrected chi connectivity index (χ1v) is 5.53. The van der Waals surface area contributed by atoms with Crippen molar-refractivity contribution in [2.24, 2.45) is 0 Å². The number of pyridine rings is 1. The predicted molar refractivity (Wildman–Crippen MR) is 78.4 cm³/mol. The number of halogens is 1. The van der Waals surface area contributed by atoms with Gasteiger partial charge in [0, 0.05) is 11.6 Å². The van der Waals surface area contributed by atoms with E-state index in [1.165, 1.54) is 5.39 Å². The van der Waals surface area contributed by atoms with Gasteiger partial charge >= 0.3 is 23.1 Å². The van der Waals surface area contributed by atoms with Crippen molar-refractivity contribution >= 4 is 34.0 Å². The van der Waals surface area contributed by atoms with E-state index in [1.54, 1.807) is 0 Å². The predicted octanol–water partition coefficient (Wildman–Crippen LogP) is 0.727. The molecule has 2 aromatic carbocycles. The van der Waals surface area contributed by atoms with Crippen molar-refractivity contribution in [2.45, 2.75) is 0 Å². The summed E-state index contributed by atoms with van der Waals surface area (Å²) in [6.07, 6.45) is 1.81. The molecular formula is C16H14ClMgN. The van der Waals surface area contributed by atoms with Crippen molar-refractivity contribution in [3.05, 3.63) is 85.4 Å². The van der Waals surface area contributed by atoms with E-state index in [4.69, 9.17) is 0 Å². The molecular weight excluding hydrogens is 266 g/mol. The Morgan fingerprint density at radius 1 is 0.737 bits per heavy atom. The van der Waals surface area contributed by atoms with Crippen molar-refractivity contribution in [1.29, 1.82) is 0 Å². The zero-order chi connectivity index (χ0) is 11.9. The van der Waals surface area contributed by atoms with Gasteiger partial charge in [0.2, 0.25) is 0 Å². The van der Waals surface area contributed by atoms with Crippen LogP contribution in [0.1, 0.15) is 5.56 Å². The zero-order valence-electron chi connectivity index (χ0n) is 10.7. The molecule has 0 amide bonds. The van der Waals surface area contributed by atoms with Crippen LogP contribution >= 0.6 is 0 Å². The summed E-state index contributed by atoms with van der Waals surface area (Å²) < 4.78 is 0. The maximum absolute atomic E-state index is 4.18. The first-order chi connectivity index (χ1) is 8.36. The van der Waals surface area contributed by atoms with Crippen molar-refractivity contribution in [1.82, 2.24) is 4.98 Å². The van der Waals surface area contributed by atoms with E-state index in [2.05, 4.69) is 24.0 Å². The number of hydrogen-bond acceptors (Lipinski definition) is 1. The van der Waals surface area contributed by atoms with Gasteiger partial charge in [0.1, 0.15) is 0 Å².